The fourth-order valence-electron chi connectivity index (χ4n) is 1.50. The predicted octanol–water partition coefficient (Wildman–Crippen LogP) is 0.867. The van der Waals surface area contributed by atoms with Crippen LogP contribution in [0, 0.1) is 5.92 Å². The quantitative estimate of drug-likeness (QED) is 0.611. The molecular formula is C10H11NO3. The zero-order valence-electron chi connectivity index (χ0n) is 7.95. The number of methoxy groups -OCH3 is 1. The topological polar surface area (TPSA) is 55.7 Å². The standard InChI is InChI=1S/C10H11NO3/c1-14-10(13)9-8(12)4-7(5-11-9)6-2-3-6/h5-6H,2-4H2,1H3. The van der Waals surface area contributed by atoms with E-state index in [-0.39, 0.29) is 11.5 Å². The number of rotatable bonds is 2. The van der Waals surface area contributed by atoms with Crippen molar-refractivity contribution in [3.05, 3.63) is 11.8 Å². The van der Waals surface area contributed by atoms with Crippen molar-refractivity contribution in [2.45, 2.75) is 19.3 Å². The second-order valence-electron chi connectivity index (χ2n) is 3.55. The Morgan fingerprint density at radius 1 is 1.57 bits per heavy atom. The van der Waals surface area contributed by atoms with Crippen molar-refractivity contribution in [2.24, 2.45) is 10.9 Å². The molecule has 0 bridgehead atoms. The third kappa shape index (κ3) is 1.60. The lowest BCUT2D eigenvalue weighted by atomic mass is 10.0. The largest absolute Gasteiger partial charge is 0.464 e. The molecule has 1 aliphatic heterocycles. The lowest BCUT2D eigenvalue weighted by molar-refractivity contribution is -0.133. The van der Waals surface area contributed by atoms with E-state index in [2.05, 4.69) is 9.73 Å². The van der Waals surface area contributed by atoms with Crippen molar-refractivity contribution < 1.29 is 14.3 Å². The van der Waals surface area contributed by atoms with Crippen LogP contribution in [0.1, 0.15) is 19.3 Å². The number of hydrogen-bond donors (Lipinski definition) is 0. The van der Waals surface area contributed by atoms with Gasteiger partial charge in [0.05, 0.1) is 7.11 Å². The van der Waals surface area contributed by atoms with E-state index >= 15 is 0 Å². The predicted molar refractivity (Wildman–Crippen MR) is 49.9 cm³/mol. The van der Waals surface area contributed by atoms with E-state index < -0.39 is 5.97 Å². The van der Waals surface area contributed by atoms with Gasteiger partial charge in [-0.1, -0.05) is 0 Å². The minimum Gasteiger partial charge on any atom is -0.464 e. The summed E-state index contributed by atoms with van der Waals surface area (Å²) in [6, 6.07) is 0. The molecule has 14 heavy (non-hydrogen) atoms. The number of carbonyl (C=O) groups is 2. The number of carbonyl (C=O) groups excluding carboxylic acids is 2. The summed E-state index contributed by atoms with van der Waals surface area (Å²) in [7, 11) is 1.25. The number of allylic oxidation sites excluding steroid dienone is 1. The molecule has 2 aliphatic rings. The highest BCUT2D eigenvalue weighted by Gasteiger charge is 2.32. The van der Waals surface area contributed by atoms with Crippen LogP contribution in [0.5, 0.6) is 0 Å². The molecule has 0 N–H and O–H groups in total. The molecule has 0 amide bonds. The van der Waals surface area contributed by atoms with Crippen molar-refractivity contribution in [3.63, 3.8) is 0 Å². The van der Waals surface area contributed by atoms with Crippen molar-refractivity contribution in [1.29, 1.82) is 0 Å². The molecule has 0 aromatic heterocycles. The van der Waals surface area contributed by atoms with Gasteiger partial charge in [-0.3, -0.25) is 4.79 Å². The van der Waals surface area contributed by atoms with Gasteiger partial charge in [0.15, 0.2) is 11.5 Å². The Labute approximate surface area is 81.7 Å². The summed E-state index contributed by atoms with van der Waals surface area (Å²) in [5, 5.41) is 0. The van der Waals surface area contributed by atoms with Crippen LogP contribution in [0.3, 0.4) is 0 Å². The third-order valence-electron chi connectivity index (χ3n) is 2.47. The molecule has 74 valence electrons. The first-order chi connectivity index (χ1) is 6.72. The number of ketones is 1. The van der Waals surface area contributed by atoms with Gasteiger partial charge >= 0.3 is 5.97 Å². The molecule has 0 unspecified atom stereocenters. The zero-order chi connectivity index (χ0) is 10.1. The van der Waals surface area contributed by atoms with E-state index in [1.165, 1.54) is 7.11 Å². The van der Waals surface area contributed by atoms with Crippen LogP contribution in [0.2, 0.25) is 0 Å². The zero-order valence-corrected chi connectivity index (χ0v) is 7.95. The number of esters is 1. The smallest absolute Gasteiger partial charge is 0.360 e. The summed E-state index contributed by atoms with van der Waals surface area (Å²) < 4.78 is 4.45. The molecular weight excluding hydrogens is 182 g/mol. The van der Waals surface area contributed by atoms with Crippen LogP contribution in [0.4, 0.5) is 0 Å². The molecule has 1 aliphatic carbocycles. The molecule has 0 saturated heterocycles. The molecule has 1 saturated carbocycles. The number of aliphatic imine (C=N–C) groups is 1. The average molecular weight is 193 g/mol. The minimum absolute atomic E-state index is 0.0723. The van der Waals surface area contributed by atoms with E-state index in [0.717, 1.165) is 18.4 Å². The lowest BCUT2D eigenvalue weighted by Gasteiger charge is -2.10. The number of hydrogen-bond acceptors (Lipinski definition) is 4. The van der Waals surface area contributed by atoms with Gasteiger partial charge in [-0.2, -0.15) is 0 Å². The van der Waals surface area contributed by atoms with Crippen LogP contribution in [0.25, 0.3) is 0 Å². The summed E-state index contributed by atoms with van der Waals surface area (Å²) in [4.78, 5) is 26.4. The summed E-state index contributed by atoms with van der Waals surface area (Å²) >= 11 is 0. The SMILES string of the molecule is COC(=O)C1=NC=C(C2CC2)CC1=O. The molecule has 4 heteroatoms. The van der Waals surface area contributed by atoms with E-state index in [0.29, 0.717) is 12.3 Å². The Balaban J connectivity index is 2.18. The molecule has 0 radical (unpaired) electrons. The minimum atomic E-state index is -0.638. The van der Waals surface area contributed by atoms with Crippen molar-refractivity contribution in [3.8, 4) is 0 Å². The molecule has 0 atom stereocenters. The maximum Gasteiger partial charge on any atom is 0.360 e. The van der Waals surface area contributed by atoms with Crippen LogP contribution in [-0.4, -0.2) is 24.6 Å². The highest BCUT2D eigenvalue weighted by Crippen LogP contribution is 2.39. The second-order valence-corrected chi connectivity index (χ2v) is 3.55. The Morgan fingerprint density at radius 2 is 2.29 bits per heavy atom. The molecule has 4 nitrogen and oxygen atoms in total. The fraction of sp³-hybridized carbons (Fsp3) is 0.500. The van der Waals surface area contributed by atoms with Crippen LogP contribution in [0.15, 0.2) is 16.8 Å². The summed E-state index contributed by atoms with van der Waals surface area (Å²) in [5.41, 5.74) is 0.986. The first-order valence-electron chi connectivity index (χ1n) is 4.60. The van der Waals surface area contributed by atoms with Gasteiger partial charge < -0.3 is 4.74 Å². The molecule has 2 rings (SSSR count). The van der Waals surface area contributed by atoms with Gasteiger partial charge in [-0.05, 0) is 24.3 Å². The van der Waals surface area contributed by atoms with E-state index in [4.69, 9.17) is 0 Å². The van der Waals surface area contributed by atoms with Crippen LogP contribution in [-0.2, 0) is 14.3 Å². The van der Waals surface area contributed by atoms with Crippen LogP contribution < -0.4 is 0 Å². The number of nitrogens with zero attached hydrogens (tertiary/aromatic N) is 1. The second kappa shape index (κ2) is 3.36. The van der Waals surface area contributed by atoms with E-state index in [1.54, 1.807) is 6.20 Å². The molecule has 0 spiro atoms. The first kappa shape index (κ1) is 9.12. The molecule has 0 aromatic rings. The molecule has 1 heterocycles. The number of ether oxygens (including phenoxy) is 1. The highest BCUT2D eigenvalue weighted by atomic mass is 16.5. The third-order valence-corrected chi connectivity index (χ3v) is 2.47. The maximum atomic E-state index is 11.5. The Morgan fingerprint density at radius 3 is 2.79 bits per heavy atom. The van der Waals surface area contributed by atoms with Gasteiger partial charge in [0.25, 0.3) is 0 Å². The number of Topliss-reactive ketones (excluding diaryl/α,β-unsaturated/α-hetero) is 1. The summed E-state index contributed by atoms with van der Waals surface area (Å²) in [6.45, 7) is 0. The summed E-state index contributed by atoms with van der Waals surface area (Å²) in [5.74, 6) is -0.329. The van der Waals surface area contributed by atoms with Crippen molar-refractivity contribution in [2.75, 3.05) is 7.11 Å². The lowest BCUT2D eigenvalue weighted by Crippen LogP contribution is -2.27. The van der Waals surface area contributed by atoms with Crippen molar-refractivity contribution in [1.82, 2.24) is 0 Å². The average Bonchev–Trinajstić information content (AvgIpc) is 3.00. The normalized spacial score (nSPS) is 21.4. The van der Waals surface area contributed by atoms with Crippen LogP contribution >= 0.6 is 0 Å². The summed E-state index contributed by atoms with van der Waals surface area (Å²) in [6.07, 6.45) is 4.26. The van der Waals surface area contributed by atoms with Gasteiger partial charge in [-0.25, -0.2) is 9.79 Å². The Kier molecular flexibility index (Phi) is 2.19. The van der Waals surface area contributed by atoms with Gasteiger partial charge in [0, 0.05) is 12.6 Å². The van der Waals surface area contributed by atoms with Gasteiger partial charge in [0.2, 0.25) is 0 Å². The van der Waals surface area contributed by atoms with Gasteiger partial charge in [-0.15, -0.1) is 0 Å². The van der Waals surface area contributed by atoms with E-state index in [9.17, 15) is 9.59 Å². The Hall–Kier alpha value is -1.45. The molecule has 1 fully saturated rings. The van der Waals surface area contributed by atoms with Crippen molar-refractivity contribution >= 4 is 17.5 Å². The van der Waals surface area contributed by atoms with Gasteiger partial charge in [0.1, 0.15) is 0 Å². The first-order valence-corrected chi connectivity index (χ1v) is 4.60. The van der Waals surface area contributed by atoms with E-state index in [1.807, 2.05) is 0 Å². The highest BCUT2D eigenvalue weighted by molar-refractivity contribution is 6.65. The maximum absolute atomic E-state index is 11.5. The molecule has 0 aromatic carbocycles. The Bertz CT molecular complexity index is 350. The monoisotopic (exact) mass is 193 g/mol. The fourth-order valence-corrected chi connectivity index (χ4v) is 1.50.